The van der Waals surface area contributed by atoms with Crippen LogP contribution < -0.4 is 4.74 Å². The van der Waals surface area contributed by atoms with Crippen molar-refractivity contribution in [2.24, 2.45) is 0 Å². The lowest BCUT2D eigenvalue weighted by Crippen LogP contribution is -2.21. The number of aromatic nitrogens is 1. The Bertz CT molecular complexity index is 375. The van der Waals surface area contributed by atoms with Crippen molar-refractivity contribution >= 4 is 22.6 Å². The average Bonchev–Trinajstić information content (AvgIpc) is 2.67. The van der Waals surface area contributed by atoms with Crippen LogP contribution in [0.5, 0.6) is 5.88 Å². The summed E-state index contributed by atoms with van der Waals surface area (Å²) in [6, 6.07) is 1.95. The summed E-state index contributed by atoms with van der Waals surface area (Å²) in [5, 5.41) is 0. The van der Waals surface area contributed by atoms with Crippen molar-refractivity contribution in [2.45, 2.75) is 19.1 Å². The maximum absolute atomic E-state index is 13.1. The summed E-state index contributed by atoms with van der Waals surface area (Å²) >= 11 is 2.26. The lowest BCUT2D eigenvalue weighted by Gasteiger charge is -2.17. The minimum Gasteiger partial charge on any atom is -0.481 e. The molecule has 1 fully saturated rings. The Labute approximate surface area is 108 Å². The van der Waals surface area contributed by atoms with E-state index < -0.39 is 6.17 Å². The number of hydrogen-bond donors (Lipinski definition) is 0. The molecule has 88 valence electrons. The molecule has 2 rings (SSSR count). The van der Waals surface area contributed by atoms with E-state index in [0.29, 0.717) is 18.8 Å². The van der Waals surface area contributed by atoms with Crippen LogP contribution in [0.15, 0.2) is 12.3 Å². The molecular weight excluding hydrogens is 322 g/mol. The molecule has 2 heterocycles. The zero-order valence-corrected chi connectivity index (χ0v) is 11.3. The van der Waals surface area contributed by atoms with Crippen molar-refractivity contribution in [2.75, 3.05) is 20.2 Å². The highest BCUT2D eigenvalue weighted by Crippen LogP contribution is 2.24. The van der Waals surface area contributed by atoms with Gasteiger partial charge >= 0.3 is 0 Å². The Hall–Kier alpha value is -0.430. The van der Waals surface area contributed by atoms with Gasteiger partial charge in [0.1, 0.15) is 6.17 Å². The average molecular weight is 336 g/mol. The first-order chi connectivity index (χ1) is 7.70. The zero-order chi connectivity index (χ0) is 11.5. The Balaban J connectivity index is 2.14. The van der Waals surface area contributed by atoms with E-state index >= 15 is 0 Å². The summed E-state index contributed by atoms with van der Waals surface area (Å²) in [7, 11) is 1.61. The number of likely N-dealkylation sites (tertiary alicyclic amines) is 1. The Morgan fingerprint density at radius 3 is 3.12 bits per heavy atom. The Morgan fingerprint density at radius 2 is 2.50 bits per heavy atom. The Morgan fingerprint density at radius 1 is 1.69 bits per heavy atom. The molecule has 0 unspecified atom stereocenters. The smallest absolute Gasteiger partial charge is 0.218 e. The zero-order valence-electron chi connectivity index (χ0n) is 9.12. The van der Waals surface area contributed by atoms with Crippen molar-refractivity contribution in [3.63, 3.8) is 0 Å². The van der Waals surface area contributed by atoms with Crippen molar-refractivity contribution in [3.05, 3.63) is 21.4 Å². The van der Waals surface area contributed by atoms with Gasteiger partial charge in [-0.3, -0.25) is 4.90 Å². The highest BCUT2D eigenvalue weighted by Gasteiger charge is 2.23. The molecule has 1 saturated heterocycles. The number of ether oxygens (including phenoxy) is 1. The molecule has 0 spiro atoms. The van der Waals surface area contributed by atoms with Crippen LogP contribution in [0.25, 0.3) is 0 Å². The number of halogens is 2. The topological polar surface area (TPSA) is 25.4 Å². The predicted octanol–water partition coefficient (Wildman–Crippen LogP) is 2.24. The van der Waals surface area contributed by atoms with E-state index in [1.807, 2.05) is 6.07 Å². The van der Waals surface area contributed by atoms with Crippen LogP contribution >= 0.6 is 22.6 Å². The van der Waals surface area contributed by atoms with Gasteiger partial charge in [-0.1, -0.05) is 0 Å². The van der Waals surface area contributed by atoms with E-state index in [1.165, 1.54) is 0 Å². The molecule has 0 aromatic carbocycles. The van der Waals surface area contributed by atoms with Gasteiger partial charge in [0.15, 0.2) is 0 Å². The third-order valence-electron chi connectivity index (χ3n) is 2.75. The van der Waals surface area contributed by atoms with E-state index in [4.69, 9.17) is 4.74 Å². The maximum atomic E-state index is 13.1. The molecule has 1 aliphatic rings. The van der Waals surface area contributed by atoms with E-state index in [1.54, 1.807) is 13.3 Å². The molecule has 1 atom stereocenters. The number of alkyl halides is 1. The predicted molar refractivity (Wildman–Crippen MR) is 68.3 cm³/mol. The first-order valence-electron chi connectivity index (χ1n) is 5.24. The van der Waals surface area contributed by atoms with Gasteiger partial charge in [-0.15, -0.1) is 0 Å². The second-order valence-corrected chi connectivity index (χ2v) is 5.06. The van der Waals surface area contributed by atoms with Gasteiger partial charge < -0.3 is 4.74 Å². The normalized spacial score (nSPS) is 21.3. The quantitative estimate of drug-likeness (QED) is 0.792. The summed E-state index contributed by atoms with van der Waals surface area (Å²) in [4.78, 5) is 6.28. The van der Waals surface area contributed by atoms with Crippen LogP contribution in [0.1, 0.15) is 12.0 Å². The van der Waals surface area contributed by atoms with Crippen LogP contribution in [-0.2, 0) is 6.54 Å². The third-order valence-corrected chi connectivity index (χ3v) is 3.76. The minimum absolute atomic E-state index is 0.522. The molecule has 5 heteroatoms. The molecule has 0 amide bonds. The van der Waals surface area contributed by atoms with Gasteiger partial charge in [0.2, 0.25) is 5.88 Å². The lowest BCUT2D eigenvalue weighted by atomic mass is 10.2. The molecule has 16 heavy (non-hydrogen) atoms. The monoisotopic (exact) mass is 336 g/mol. The number of rotatable bonds is 3. The van der Waals surface area contributed by atoms with Gasteiger partial charge in [-0.2, -0.15) is 0 Å². The second-order valence-electron chi connectivity index (χ2n) is 3.90. The molecule has 0 N–H and O–H groups in total. The fourth-order valence-corrected chi connectivity index (χ4v) is 2.48. The van der Waals surface area contributed by atoms with E-state index in [9.17, 15) is 4.39 Å². The van der Waals surface area contributed by atoms with E-state index in [-0.39, 0.29) is 0 Å². The standard InChI is InChI=1S/C11H14FIN2O/c1-16-11-9(10(13)2-4-14-11)7-15-5-3-8(12)6-15/h2,4,8H,3,5-7H2,1H3/t8-/m1/s1. The van der Waals surface area contributed by atoms with E-state index in [2.05, 4.69) is 32.5 Å². The van der Waals surface area contributed by atoms with Crippen molar-refractivity contribution < 1.29 is 9.13 Å². The molecular formula is C11H14FIN2O. The number of nitrogens with zero attached hydrogens (tertiary/aromatic N) is 2. The SMILES string of the molecule is COc1nccc(I)c1CN1CC[C@@H](F)C1. The largest absolute Gasteiger partial charge is 0.481 e. The maximum Gasteiger partial charge on any atom is 0.218 e. The second kappa shape index (κ2) is 5.27. The van der Waals surface area contributed by atoms with Crippen LogP contribution in [0.2, 0.25) is 0 Å². The summed E-state index contributed by atoms with van der Waals surface area (Å²) in [6.07, 6.45) is 1.69. The fourth-order valence-electron chi connectivity index (χ4n) is 1.92. The molecule has 0 aliphatic carbocycles. The van der Waals surface area contributed by atoms with Crippen molar-refractivity contribution in [1.29, 1.82) is 0 Å². The summed E-state index contributed by atoms with van der Waals surface area (Å²) in [6.45, 7) is 2.05. The van der Waals surface area contributed by atoms with Crippen LogP contribution in [0, 0.1) is 3.57 Å². The third kappa shape index (κ3) is 2.63. The fraction of sp³-hybridized carbons (Fsp3) is 0.545. The summed E-state index contributed by atoms with van der Waals surface area (Å²) in [5.41, 5.74) is 1.06. The Kier molecular flexibility index (Phi) is 3.96. The first kappa shape index (κ1) is 12.0. The van der Waals surface area contributed by atoms with Crippen LogP contribution in [-0.4, -0.2) is 36.3 Å². The van der Waals surface area contributed by atoms with Crippen LogP contribution in [0.4, 0.5) is 4.39 Å². The van der Waals surface area contributed by atoms with Gasteiger partial charge in [-0.25, -0.2) is 9.37 Å². The first-order valence-corrected chi connectivity index (χ1v) is 6.32. The molecule has 0 saturated carbocycles. The van der Waals surface area contributed by atoms with Crippen molar-refractivity contribution in [1.82, 2.24) is 9.88 Å². The van der Waals surface area contributed by atoms with Gasteiger partial charge in [0, 0.05) is 35.0 Å². The molecule has 1 aromatic rings. The highest BCUT2D eigenvalue weighted by atomic mass is 127. The van der Waals surface area contributed by atoms with Gasteiger partial charge in [0.25, 0.3) is 0 Å². The van der Waals surface area contributed by atoms with Gasteiger partial charge in [-0.05, 0) is 35.1 Å². The molecule has 0 radical (unpaired) electrons. The molecule has 3 nitrogen and oxygen atoms in total. The van der Waals surface area contributed by atoms with Crippen molar-refractivity contribution in [3.8, 4) is 5.88 Å². The molecule has 1 aliphatic heterocycles. The summed E-state index contributed by atoms with van der Waals surface area (Å²) in [5.74, 6) is 0.647. The number of pyridine rings is 1. The number of hydrogen-bond acceptors (Lipinski definition) is 3. The van der Waals surface area contributed by atoms with Gasteiger partial charge in [0.05, 0.1) is 7.11 Å². The minimum atomic E-state index is -0.680. The highest BCUT2D eigenvalue weighted by molar-refractivity contribution is 14.1. The van der Waals surface area contributed by atoms with Crippen LogP contribution in [0.3, 0.4) is 0 Å². The number of methoxy groups -OCH3 is 1. The summed E-state index contributed by atoms with van der Waals surface area (Å²) < 4.78 is 19.4. The molecule has 0 bridgehead atoms. The molecule has 1 aromatic heterocycles. The lowest BCUT2D eigenvalue weighted by molar-refractivity contribution is 0.276. The van der Waals surface area contributed by atoms with E-state index in [0.717, 1.165) is 22.2 Å².